The lowest BCUT2D eigenvalue weighted by molar-refractivity contribution is -0.157. The van der Waals surface area contributed by atoms with E-state index >= 15 is 0 Å². The van der Waals surface area contributed by atoms with E-state index in [1.807, 2.05) is 0 Å². The summed E-state index contributed by atoms with van der Waals surface area (Å²) < 4.78 is 6.13. The predicted octanol–water partition coefficient (Wildman–Crippen LogP) is 7.39. The molecule has 0 radical (unpaired) electrons. The zero-order valence-electron chi connectivity index (χ0n) is 25.4. The zero-order valence-corrected chi connectivity index (χ0v) is 25.4. The number of ether oxygens (including phenoxy) is 1. The lowest BCUT2D eigenvalue weighted by Gasteiger charge is -2.58. The molecule has 10 atom stereocenters. The molecule has 4 fully saturated rings. The Kier molecular flexibility index (Phi) is 8.44. The van der Waals surface area contributed by atoms with Gasteiger partial charge in [0.05, 0.1) is 6.10 Å². The summed E-state index contributed by atoms with van der Waals surface area (Å²) >= 11 is 0. The van der Waals surface area contributed by atoms with E-state index in [0.29, 0.717) is 18.4 Å². The van der Waals surface area contributed by atoms with Gasteiger partial charge in [-0.25, -0.2) is 0 Å². The molecule has 0 amide bonds. The first-order valence-corrected chi connectivity index (χ1v) is 16.4. The summed E-state index contributed by atoms with van der Waals surface area (Å²) in [6.45, 7) is 16.0. The minimum Gasteiger partial charge on any atom is -0.461 e. The monoisotopic (exact) mass is 527 g/mol. The molecule has 0 aromatic carbocycles. The lowest BCUT2D eigenvalue weighted by Crippen LogP contribution is -2.51. The Morgan fingerprint density at radius 1 is 1.11 bits per heavy atom. The van der Waals surface area contributed by atoms with Crippen molar-refractivity contribution in [1.29, 1.82) is 0 Å². The maximum absolute atomic E-state index is 13.0. The van der Waals surface area contributed by atoms with E-state index in [9.17, 15) is 9.90 Å². The fourth-order valence-electron chi connectivity index (χ4n) is 10.5. The minimum atomic E-state index is -0.407. The predicted molar refractivity (Wildman–Crippen MR) is 155 cm³/mol. The van der Waals surface area contributed by atoms with E-state index in [2.05, 4.69) is 52.5 Å². The van der Waals surface area contributed by atoms with Gasteiger partial charge in [-0.15, -0.1) is 0 Å². The van der Waals surface area contributed by atoms with Crippen molar-refractivity contribution >= 4 is 5.97 Å². The summed E-state index contributed by atoms with van der Waals surface area (Å²) in [5.41, 5.74) is 2.40. The van der Waals surface area contributed by atoms with Crippen LogP contribution < -0.4 is 0 Å². The number of carbonyl (C=O) groups excluding carboxylic acids is 1. The molecule has 0 aromatic heterocycles. The Morgan fingerprint density at radius 2 is 1.89 bits per heavy atom. The van der Waals surface area contributed by atoms with Gasteiger partial charge in [0.1, 0.15) is 12.1 Å². The zero-order chi connectivity index (χ0) is 27.2. The van der Waals surface area contributed by atoms with Gasteiger partial charge in [0.15, 0.2) is 0 Å². The normalized spacial score (nSPS) is 43.8. The molecule has 38 heavy (non-hydrogen) atoms. The van der Waals surface area contributed by atoms with Crippen molar-refractivity contribution in [2.75, 3.05) is 13.1 Å². The van der Waals surface area contributed by atoms with Crippen LogP contribution in [0.3, 0.4) is 0 Å². The van der Waals surface area contributed by atoms with E-state index in [1.165, 1.54) is 51.4 Å². The molecule has 1 saturated heterocycles. The number of likely N-dealkylation sites (N-methyl/N-ethyl adjacent to an activating group) is 1. The number of β-amino-alcohol motifs (C(OH)–C–C–N with tert-alkyl or cyclic N) is 1. The second-order valence-corrected chi connectivity index (χ2v) is 15.1. The highest BCUT2D eigenvalue weighted by atomic mass is 16.5. The topological polar surface area (TPSA) is 49.8 Å². The number of aliphatic hydroxyl groups is 1. The molecule has 1 unspecified atom stereocenters. The second-order valence-electron chi connectivity index (χ2n) is 15.1. The first-order valence-electron chi connectivity index (χ1n) is 16.4. The molecule has 1 heterocycles. The van der Waals surface area contributed by atoms with E-state index in [1.54, 1.807) is 5.57 Å². The summed E-state index contributed by atoms with van der Waals surface area (Å²) in [7, 11) is 0. The molecular formula is C34H57NO3. The van der Waals surface area contributed by atoms with Crippen molar-refractivity contribution in [3.05, 3.63) is 11.6 Å². The van der Waals surface area contributed by atoms with Gasteiger partial charge in [-0.05, 0) is 97.8 Å². The molecule has 0 spiro atoms. The van der Waals surface area contributed by atoms with Crippen molar-refractivity contribution in [3.63, 3.8) is 0 Å². The lowest BCUT2D eigenvalue weighted by atomic mass is 9.47. The Balaban J connectivity index is 1.23. The van der Waals surface area contributed by atoms with Crippen LogP contribution in [0.5, 0.6) is 0 Å². The summed E-state index contributed by atoms with van der Waals surface area (Å²) in [5.74, 6) is 5.01. The van der Waals surface area contributed by atoms with Gasteiger partial charge in [0.25, 0.3) is 0 Å². The van der Waals surface area contributed by atoms with Gasteiger partial charge >= 0.3 is 5.97 Å². The molecule has 5 rings (SSSR count). The third-order valence-electron chi connectivity index (χ3n) is 12.6. The second kappa shape index (κ2) is 11.2. The molecule has 4 heteroatoms. The smallest absolute Gasteiger partial charge is 0.323 e. The average Bonchev–Trinajstić information content (AvgIpc) is 3.43. The van der Waals surface area contributed by atoms with Gasteiger partial charge in [0.2, 0.25) is 0 Å². The molecule has 5 aliphatic rings. The Morgan fingerprint density at radius 3 is 2.63 bits per heavy atom. The Bertz CT molecular complexity index is 883. The van der Waals surface area contributed by atoms with Gasteiger partial charge in [-0.2, -0.15) is 0 Å². The molecule has 0 bridgehead atoms. The number of likely N-dealkylation sites (tertiary alicyclic amines) is 1. The van der Waals surface area contributed by atoms with Gasteiger partial charge in [-0.1, -0.05) is 72.5 Å². The van der Waals surface area contributed by atoms with Crippen LogP contribution in [0.2, 0.25) is 0 Å². The average molecular weight is 528 g/mol. The molecular weight excluding hydrogens is 470 g/mol. The highest BCUT2D eigenvalue weighted by Crippen LogP contribution is 2.67. The summed E-state index contributed by atoms with van der Waals surface area (Å²) in [6.07, 6.45) is 16.9. The maximum Gasteiger partial charge on any atom is 0.323 e. The molecule has 4 aliphatic carbocycles. The summed E-state index contributed by atoms with van der Waals surface area (Å²) in [4.78, 5) is 15.1. The number of hydrogen-bond acceptors (Lipinski definition) is 4. The van der Waals surface area contributed by atoms with Crippen molar-refractivity contribution in [1.82, 2.24) is 4.90 Å². The van der Waals surface area contributed by atoms with E-state index in [4.69, 9.17) is 4.74 Å². The number of carbonyl (C=O) groups is 1. The fraction of sp³-hybridized carbons (Fsp3) is 0.912. The van der Waals surface area contributed by atoms with Crippen molar-refractivity contribution in [3.8, 4) is 0 Å². The van der Waals surface area contributed by atoms with E-state index in [-0.39, 0.29) is 23.5 Å². The molecule has 1 aliphatic heterocycles. The quantitative estimate of drug-likeness (QED) is 0.264. The maximum atomic E-state index is 13.0. The van der Waals surface area contributed by atoms with Gasteiger partial charge in [-0.3, -0.25) is 9.69 Å². The van der Waals surface area contributed by atoms with Crippen LogP contribution in [-0.2, 0) is 9.53 Å². The molecule has 3 saturated carbocycles. The minimum absolute atomic E-state index is 0.00577. The largest absolute Gasteiger partial charge is 0.461 e. The number of esters is 1. The van der Waals surface area contributed by atoms with Crippen LogP contribution in [0.1, 0.15) is 119 Å². The van der Waals surface area contributed by atoms with Crippen LogP contribution >= 0.6 is 0 Å². The van der Waals surface area contributed by atoms with Crippen molar-refractivity contribution in [2.24, 2.45) is 46.3 Å². The number of hydrogen-bond donors (Lipinski definition) is 1. The standard InChI is InChI=1S/C34H57NO3/c1-7-35-21-25(36)20-31(35)32(37)38-26-15-17-33(5)24(19-26)11-12-27-29-14-13-28(23(4)10-8-9-22(2)3)34(29,6)18-16-30(27)33/h11,22-23,25-31,36H,7-10,12-21H2,1-6H3/t23-,25-,26?,27+,28-,29+,30+,31-,33+,34-/m1/s1. The number of rotatable bonds is 8. The van der Waals surface area contributed by atoms with Crippen LogP contribution in [0.25, 0.3) is 0 Å². The van der Waals surface area contributed by atoms with Crippen LogP contribution in [0.4, 0.5) is 0 Å². The first kappa shape index (κ1) is 28.7. The van der Waals surface area contributed by atoms with Gasteiger partial charge < -0.3 is 9.84 Å². The van der Waals surface area contributed by atoms with Gasteiger partial charge in [0, 0.05) is 19.4 Å². The number of nitrogens with zero attached hydrogens (tertiary/aromatic N) is 1. The molecule has 4 nitrogen and oxygen atoms in total. The molecule has 216 valence electrons. The molecule has 1 N–H and O–H groups in total. The highest BCUT2D eigenvalue weighted by molar-refractivity contribution is 5.76. The first-order chi connectivity index (χ1) is 18.1. The third-order valence-corrected chi connectivity index (χ3v) is 12.6. The van der Waals surface area contributed by atoms with Crippen LogP contribution in [-0.4, -0.2) is 47.3 Å². The Labute approximate surface area is 233 Å². The van der Waals surface area contributed by atoms with E-state index in [0.717, 1.165) is 61.3 Å². The van der Waals surface area contributed by atoms with Crippen molar-refractivity contribution < 1.29 is 14.6 Å². The number of fused-ring (bicyclic) bond motifs is 5. The summed E-state index contributed by atoms with van der Waals surface area (Å²) in [6, 6.07) is -0.271. The highest BCUT2D eigenvalue weighted by Gasteiger charge is 2.59. The number of aliphatic hydroxyl groups excluding tert-OH is 1. The number of allylic oxidation sites excluding steroid dienone is 1. The van der Waals surface area contributed by atoms with Crippen LogP contribution in [0, 0.1) is 46.3 Å². The SMILES string of the molecule is CCN1C[C@H](O)C[C@@H]1C(=O)OC1CC[C@@]2(C)C(=CC[C@H]3[C@@H]4CC[C@H]([C@H](C)CCCC(C)C)[C@@]4(C)CC[C@@H]32)C1. The molecule has 0 aromatic rings. The third kappa shape index (κ3) is 5.15. The van der Waals surface area contributed by atoms with E-state index < -0.39 is 6.10 Å². The van der Waals surface area contributed by atoms with Crippen LogP contribution in [0.15, 0.2) is 11.6 Å². The van der Waals surface area contributed by atoms with Crippen molar-refractivity contribution in [2.45, 2.75) is 137 Å². The summed E-state index contributed by atoms with van der Waals surface area (Å²) in [5, 5.41) is 10.1. The Hall–Kier alpha value is -0.870. The fourth-order valence-corrected chi connectivity index (χ4v) is 10.5.